The molecule has 2 aromatic rings. The lowest BCUT2D eigenvalue weighted by molar-refractivity contribution is -0.110. The van der Waals surface area contributed by atoms with E-state index in [-0.39, 0.29) is 17.9 Å². The highest BCUT2D eigenvalue weighted by atomic mass is 19.1. The van der Waals surface area contributed by atoms with Gasteiger partial charge < -0.3 is 20.4 Å². The van der Waals surface area contributed by atoms with Gasteiger partial charge >= 0.3 is 0 Å². The third-order valence-corrected chi connectivity index (χ3v) is 5.98. The van der Waals surface area contributed by atoms with Crippen molar-refractivity contribution in [1.82, 2.24) is 15.2 Å². The van der Waals surface area contributed by atoms with Gasteiger partial charge in [0.2, 0.25) is 0 Å². The molecule has 2 amide bonds. The number of benzene rings is 1. The molecule has 0 radical (unpaired) electrons. The summed E-state index contributed by atoms with van der Waals surface area (Å²) in [6.07, 6.45) is 2.58. The van der Waals surface area contributed by atoms with E-state index in [2.05, 4.69) is 20.5 Å². The van der Waals surface area contributed by atoms with Gasteiger partial charge in [0, 0.05) is 55.4 Å². The number of amides is 2. The Bertz CT molecular complexity index is 1060. The number of carbonyl (C=O) groups excluding carboxylic acids is 2. The molecule has 8 heteroatoms. The first-order valence-electron chi connectivity index (χ1n) is 10.4. The van der Waals surface area contributed by atoms with E-state index < -0.39 is 5.82 Å². The number of ether oxygens (including phenoxy) is 1. The fourth-order valence-electron chi connectivity index (χ4n) is 4.34. The van der Waals surface area contributed by atoms with Crippen LogP contribution in [0.2, 0.25) is 0 Å². The van der Waals surface area contributed by atoms with Gasteiger partial charge in [-0.05, 0) is 50.1 Å². The second kappa shape index (κ2) is 8.64. The number of H-pyrrole nitrogens is 1. The molecule has 1 aromatic heterocycles. The Morgan fingerprint density at radius 3 is 2.97 bits per heavy atom. The molecule has 0 aliphatic carbocycles. The van der Waals surface area contributed by atoms with Gasteiger partial charge in [0.05, 0.1) is 17.7 Å². The van der Waals surface area contributed by atoms with E-state index >= 15 is 0 Å². The molecule has 1 saturated heterocycles. The van der Waals surface area contributed by atoms with Crippen molar-refractivity contribution in [3.8, 4) is 0 Å². The van der Waals surface area contributed by atoms with E-state index in [0.29, 0.717) is 34.7 Å². The molecule has 3 N–H and O–H groups in total. The van der Waals surface area contributed by atoms with Gasteiger partial charge in [-0.1, -0.05) is 0 Å². The molecule has 3 heterocycles. The molecule has 0 unspecified atom stereocenters. The standard InChI is InChI=1S/C23H27FN4O3/c1-13-20(11-18-17-10-15(24)4-5-19(17)27-22(18)29)25-14(2)21(13)23(30)26-16-6-7-28(12-16)8-9-31-3/h4-5,10-11,16,25H,6-9,12H2,1-3H3,(H,26,30)(H,27,29)/t16-/m0/s1. The smallest absolute Gasteiger partial charge is 0.256 e. The van der Waals surface area contributed by atoms with Crippen molar-refractivity contribution >= 4 is 29.2 Å². The van der Waals surface area contributed by atoms with Crippen molar-refractivity contribution in [3.05, 3.63) is 52.1 Å². The van der Waals surface area contributed by atoms with E-state index in [0.717, 1.165) is 37.3 Å². The first-order chi connectivity index (χ1) is 14.9. The van der Waals surface area contributed by atoms with Crippen LogP contribution in [0.25, 0.3) is 11.6 Å². The van der Waals surface area contributed by atoms with Crippen LogP contribution in [0.5, 0.6) is 0 Å². The molecule has 164 valence electrons. The maximum absolute atomic E-state index is 13.7. The SMILES string of the molecule is COCCN1CC[C@H](NC(=O)c2c(C)[nH]c(C=C3C(=O)Nc4ccc(F)cc43)c2C)C1. The van der Waals surface area contributed by atoms with Gasteiger partial charge in [-0.15, -0.1) is 0 Å². The van der Waals surface area contributed by atoms with Crippen LogP contribution >= 0.6 is 0 Å². The van der Waals surface area contributed by atoms with Crippen molar-refractivity contribution < 1.29 is 18.7 Å². The zero-order valence-corrected chi connectivity index (χ0v) is 18.0. The summed E-state index contributed by atoms with van der Waals surface area (Å²) in [5.74, 6) is -0.825. The maximum Gasteiger partial charge on any atom is 0.256 e. The average molecular weight is 426 g/mol. The van der Waals surface area contributed by atoms with E-state index in [1.807, 2.05) is 13.8 Å². The Labute approximate surface area is 180 Å². The molecule has 0 spiro atoms. The molecule has 1 atom stereocenters. The predicted molar refractivity (Wildman–Crippen MR) is 117 cm³/mol. The average Bonchev–Trinajstić information content (AvgIpc) is 3.37. The molecule has 7 nitrogen and oxygen atoms in total. The number of aromatic amines is 1. The lowest BCUT2D eigenvalue weighted by Crippen LogP contribution is -2.38. The zero-order valence-electron chi connectivity index (χ0n) is 18.0. The number of hydrogen-bond donors (Lipinski definition) is 3. The minimum atomic E-state index is -0.406. The fourth-order valence-corrected chi connectivity index (χ4v) is 4.34. The number of hydrogen-bond acceptors (Lipinski definition) is 4. The van der Waals surface area contributed by atoms with Crippen molar-refractivity contribution in [1.29, 1.82) is 0 Å². The summed E-state index contributed by atoms with van der Waals surface area (Å²) < 4.78 is 18.8. The van der Waals surface area contributed by atoms with E-state index in [1.54, 1.807) is 19.3 Å². The molecule has 0 bridgehead atoms. The largest absolute Gasteiger partial charge is 0.383 e. The highest BCUT2D eigenvalue weighted by Crippen LogP contribution is 2.34. The summed E-state index contributed by atoms with van der Waals surface area (Å²) in [7, 11) is 1.68. The fraction of sp³-hybridized carbons (Fsp3) is 0.391. The highest BCUT2D eigenvalue weighted by Gasteiger charge is 2.28. The van der Waals surface area contributed by atoms with Crippen molar-refractivity contribution in [3.63, 3.8) is 0 Å². The van der Waals surface area contributed by atoms with Crippen molar-refractivity contribution in [2.45, 2.75) is 26.3 Å². The first kappa shape index (κ1) is 21.3. The van der Waals surface area contributed by atoms with Crippen LogP contribution in [0, 0.1) is 19.7 Å². The Balaban J connectivity index is 1.54. The van der Waals surface area contributed by atoms with Gasteiger partial charge in [-0.25, -0.2) is 4.39 Å². The third kappa shape index (κ3) is 4.26. The third-order valence-electron chi connectivity index (χ3n) is 5.98. The first-order valence-corrected chi connectivity index (χ1v) is 10.4. The van der Waals surface area contributed by atoms with Crippen LogP contribution in [0.4, 0.5) is 10.1 Å². The number of fused-ring (bicyclic) bond motifs is 1. The zero-order chi connectivity index (χ0) is 22.1. The Kier molecular flexibility index (Phi) is 5.93. The van der Waals surface area contributed by atoms with Crippen LogP contribution in [0.15, 0.2) is 18.2 Å². The summed E-state index contributed by atoms with van der Waals surface area (Å²) in [5, 5.41) is 5.88. The van der Waals surface area contributed by atoms with Crippen molar-refractivity contribution in [2.75, 3.05) is 38.7 Å². The highest BCUT2D eigenvalue weighted by molar-refractivity contribution is 6.34. The number of nitrogens with zero attached hydrogens (tertiary/aromatic N) is 1. The van der Waals surface area contributed by atoms with Gasteiger partial charge in [-0.2, -0.15) is 0 Å². The summed E-state index contributed by atoms with van der Waals surface area (Å²) in [6.45, 7) is 6.95. The Morgan fingerprint density at radius 2 is 2.19 bits per heavy atom. The molecular formula is C23H27FN4O3. The van der Waals surface area contributed by atoms with E-state index in [9.17, 15) is 14.0 Å². The summed E-state index contributed by atoms with van der Waals surface area (Å²) >= 11 is 0. The van der Waals surface area contributed by atoms with Crippen molar-refractivity contribution in [2.24, 2.45) is 0 Å². The van der Waals surface area contributed by atoms with Gasteiger partial charge in [0.1, 0.15) is 5.82 Å². The second-order valence-electron chi connectivity index (χ2n) is 8.12. The molecule has 1 aromatic carbocycles. The lowest BCUT2D eigenvalue weighted by atomic mass is 10.0. The number of nitrogens with one attached hydrogen (secondary N) is 3. The number of carbonyl (C=O) groups is 2. The number of rotatable bonds is 6. The van der Waals surface area contributed by atoms with Crippen LogP contribution in [-0.4, -0.2) is 61.1 Å². The topological polar surface area (TPSA) is 86.5 Å². The van der Waals surface area contributed by atoms with E-state index in [4.69, 9.17) is 4.74 Å². The maximum atomic E-state index is 13.7. The monoisotopic (exact) mass is 426 g/mol. The number of likely N-dealkylation sites (tertiary alicyclic amines) is 1. The molecule has 4 rings (SSSR count). The normalized spacial score (nSPS) is 19.7. The van der Waals surface area contributed by atoms with Crippen LogP contribution < -0.4 is 10.6 Å². The van der Waals surface area contributed by atoms with Gasteiger partial charge in [-0.3, -0.25) is 14.5 Å². The van der Waals surface area contributed by atoms with Gasteiger partial charge in [0.15, 0.2) is 0 Å². The molecule has 0 saturated carbocycles. The molecule has 31 heavy (non-hydrogen) atoms. The minimum absolute atomic E-state index is 0.0929. The van der Waals surface area contributed by atoms with Gasteiger partial charge in [0.25, 0.3) is 11.8 Å². The quantitative estimate of drug-likeness (QED) is 0.620. The predicted octanol–water partition coefficient (Wildman–Crippen LogP) is 2.71. The Morgan fingerprint density at radius 1 is 1.39 bits per heavy atom. The lowest BCUT2D eigenvalue weighted by Gasteiger charge is -2.16. The molecule has 2 aliphatic rings. The Hall–Kier alpha value is -2.97. The number of methoxy groups -OCH3 is 1. The van der Waals surface area contributed by atoms with Crippen LogP contribution in [0.1, 0.15) is 39.3 Å². The summed E-state index contributed by atoms with van der Waals surface area (Å²) in [4.78, 5) is 30.9. The minimum Gasteiger partial charge on any atom is -0.383 e. The van der Waals surface area contributed by atoms with Crippen LogP contribution in [-0.2, 0) is 9.53 Å². The summed E-state index contributed by atoms with van der Waals surface area (Å²) in [6, 6.07) is 4.30. The summed E-state index contributed by atoms with van der Waals surface area (Å²) in [5.41, 5.74) is 4.21. The number of aromatic nitrogens is 1. The molecule has 2 aliphatic heterocycles. The molecular weight excluding hydrogens is 399 g/mol. The molecule has 1 fully saturated rings. The number of aryl methyl sites for hydroxylation is 1. The van der Waals surface area contributed by atoms with Crippen LogP contribution in [0.3, 0.4) is 0 Å². The number of anilines is 1. The van der Waals surface area contributed by atoms with E-state index in [1.165, 1.54) is 12.1 Å². The number of halogens is 1. The second-order valence-corrected chi connectivity index (χ2v) is 8.12.